The first-order chi connectivity index (χ1) is 11.1. The zero-order valence-corrected chi connectivity index (χ0v) is 18.5. The number of rotatable bonds is 4. The number of carbonyl (C=O) groups is 2. The Labute approximate surface area is 191 Å². The largest absolute Gasteiger partial charge is 1.00 e. The molecule has 0 saturated carbocycles. The number of carboxylic acid groups (broad SMARTS) is 1. The summed E-state index contributed by atoms with van der Waals surface area (Å²) in [6.45, 7) is 1.47. The first-order valence-electron chi connectivity index (χ1n) is 7.07. The van der Waals surface area contributed by atoms with Crippen LogP contribution in [0.15, 0.2) is 34.9 Å². The maximum atomic E-state index is 12.1. The molecule has 10 heteroatoms. The number of benzene rings is 1. The van der Waals surface area contributed by atoms with Gasteiger partial charge < -0.3 is 15.0 Å². The molecule has 7 nitrogen and oxygen atoms in total. The van der Waals surface area contributed by atoms with Gasteiger partial charge in [0, 0.05) is 11.2 Å². The van der Waals surface area contributed by atoms with Crippen molar-refractivity contribution >= 4 is 38.4 Å². The van der Waals surface area contributed by atoms with Gasteiger partial charge in [-0.15, -0.1) is 0 Å². The molecule has 3 rings (SSSR count). The summed E-state index contributed by atoms with van der Waals surface area (Å²) < 4.78 is 23.4. The molecule has 1 N–H and O–H groups in total. The minimum atomic E-state index is -3.45. The number of sulfone groups is 1. The SMILES string of the molecule is C[C@@H](O)[C@H]1C(=O)N2C(C(=O)[O-])=C(c3cccc(S(C)(=O)=O)c3)S[C@H]12.[K+]. The van der Waals surface area contributed by atoms with Crippen molar-refractivity contribution in [1.82, 2.24) is 4.90 Å². The Hall–Kier alpha value is -0.204. The van der Waals surface area contributed by atoms with Crippen molar-refractivity contribution in [1.29, 1.82) is 0 Å². The topological polar surface area (TPSA) is 115 Å². The quantitative estimate of drug-likeness (QED) is 0.405. The van der Waals surface area contributed by atoms with Crippen LogP contribution in [0.2, 0.25) is 0 Å². The van der Waals surface area contributed by atoms with Crippen LogP contribution < -0.4 is 56.5 Å². The van der Waals surface area contributed by atoms with E-state index in [0.717, 1.165) is 22.9 Å². The molecule has 1 aromatic rings. The first kappa shape index (κ1) is 21.1. The molecule has 1 aromatic carbocycles. The normalized spacial score (nSPS) is 23.6. The Morgan fingerprint density at radius 3 is 2.56 bits per heavy atom. The van der Waals surface area contributed by atoms with Crippen molar-refractivity contribution in [2.45, 2.75) is 23.3 Å². The molecule has 1 fully saturated rings. The van der Waals surface area contributed by atoms with E-state index in [0.29, 0.717) is 5.56 Å². The second-order valence-corrected chi connectivity index (χ2v) is 8.89. The van der Waals surface area contributed by atoms with Gasteiger partial charge in [0.05, 0.1) is 28.6 Å². The number of thioether (sulfide) groups is 1. The molecule has 2 aliphatic heterocycles. The van der Waals surface area contributed by atoms with Crippen molar-refractivity contribution in [3.05, 3.63) is 35.5 Å². The Balaban J connectivity index is 0.00000225. The van der Waals surface area contributed by atoms with Crippen molar-refractivity contribution in [3.63, 3.8) is 0 Å². The first-order valence-corrected chi connectivity index (χ1v) is 9.84. The number of amides is 1. The molecular weight excluding hydrogens is 393 g/mol. The fraction of sp³-hybridized carbons (Fsp3) is 0.333. The Bertz CT molecular complexity index is 880. The van der Waals surface area contributed by atoms with Crippen molar-refractivity contribution in [2.75, 3.05) is 6.26 Å². The summed E-state index contributed by atoms with van der Waals surface area (Å²) in [6.07, 6.45) is 0.151. The Kier molecular flexibility index (Phi) is 6.27. The van der Waals surface area contributed by atoms with Crippen molar-refractivity contribution in [2.24, 2.45) is 5.92 Å². The molecule has 0 aromatic heterocycles. The van der Waals surface area contributed by atoms with Crippen molar-refractivity contribution < 1.29 is 79.6 Å². The molecule has 2 aliphatic rings. The molecule has 0 aliphatic carbocycles. The number of aliphatic hydroxyl groups is 1. The van der Waals surface area contributed by atoms with E-state index >= 15 is 0 Å². The fourth-order valence-corrected chi connectivity index (χ4v) is 5.11. The van der Waals surface area contributed by atoms with Gasteiger partial charge in [-0.2, -0.15) is 0 Å². The monoisotopic (exact) mass is 407 g/mol. The van der Waals surface area contributed by atoms with E-state index in [2.05, 4.69) is 0 Å². The van der Waals surface area contributed by atoms with Crippen LogP contribution in [0.4, 0.5) is 0 Å². The van der Waals surface area contributed by atoms with Crippen LogP contribution in [0.3, 0.4) is 0 Å². The van der Waals surface area contributed by atoms with Gasteiger partial charge in [-0.1, -0.05) is 23.9 Å². The Morgan fingerprint density at radius 2 is 2.04 bits per heavy atom. The number of carbonyl (C=O) groups excluding carboxylic acids is 2. The van der Waals surface area contributed by atoms with E-state index in [1.807, 2.05) is 0 Å². The summed E-state index contributed by atoms with van der Waals surface area (Å²) in [5.74, 6) is -2.68. The smallest absolute Gasteiger partial charge is 0.543 e. The van der Waals surface area contributed by atoms with E-state index in [1.165, 1.54) is 25.1 Å². The summed E-state index contributed by atoms with van der Waals surface area (Å²) in [6, 6.07) is 5.87. The van der Waals surface area contributed by atoms with E-state index in [1.54, 1.807) is 6.07 Å². The Morgan fingerprint density at radius 1 is 1.40 bits per heavy atom. The fourth-order valence-electron chi connectivity index (χ4n) is 2.84. The van der Waals surface area contributed by atoms with E-state index in [4.69, 9.17) is 0 Å². The standard InChI is InChI=1S/C15H15NO6S2.K/c1-7(17)10-13(18)16-11(15(19)20)12(23-14(10)16)8-4-3-5-9(6-8)24(2,21)22;/h3-7,10,14,17H,1-2H3,(H,19,20);/q;+1/p-1/t7-,10+,14-;/m1./s1. The minimum absolute atomic E-state index is 0. The van der Waals surface area contributed by atoms with Gasteiger partial charge in [-0.25, -0.2) is 8.42 Å². The molecule has 128 valence electrons. The summed E-state index contributed by atoms with van der Waals surface area (Å²) in [5.41, 5.74) is 0.103. The number of β-lactam (4-membered cyclic amide) rings is 1. The van der Waals surface area contributed by atoms with Crippen LogP contribution in [0.1, 0.15) is 12.5 Å². The van der Waals surface area contributed by atoms with Crippen molar-refractivity contribution in [3.8, 4) is 0 Å². The van der Waals surface area contributed by atoms with E-state index in [9.17, 15) is 28.2 Å². The van der Waals surface area contributed by atoms with Gasteiger partial charge in [-0.05, 0) is 24.6 Å². The van der Waals surface area contributed by atoms with Crippen LogP contribution in [0, 0.1) is 5.92 Å². The third-order valence-electron chi connectivity index (χ3n) is 4.02. The molecule has 0 spiro atoms. The van der Waals surface area contributed by atoms with Crippen LogP contribution in [0.5, 0.6) is 0 Å². The van der Waals surface area contributed by atoms with Gasteiger partial charge >= 0.3 is 51.4 Å². The number of carboxylic acids is 1. The molecule has 1 saturated heterocycles. The predicted molar refractivity (Wildman–Crippen MR) is 84.9 cm³/mol. The molecule has 1 amide bonds. The maximum absolute atomic E-state index is 12.1. The molecule has 0 radical (unpaired) electrons. The molecule has 3 atom stereocenters. The summed E-state index contributed by atoms with van der Waals surface area (Å²) in [4.78, 5) is 25.1. The average Bonchev–Trinajstić information content (AvgIpc) is 2.81. The third kappa shape index (κ3) is 3.63. The second kappa shape index (κ2) is 7.43. The minimum Gasteiger partial charge on any atom is -0.543 e. The van der Waals surface area contributed by atoms with Crippen LogP contribution in [0.25, 0.3) is 4.91 Å². The molecule has 25 heavy (non-hydrogen) atoms. The van der Waals surface area contributed by atoms with Gasteiger partial charge in [0.1, 0.15) is 5.37 Å². The van der Waals surface area contributed by atoms with E-state index in [-0.39, 0.29) is 66.9 Å². The molecular formula is C15H14KNO6S2. The summed E-state index contributed by atoms with van der Waals surface area (Å²) >= 11 is 1.12. The molecule has 2 heterocycles. The van der Waals surface area contributed by atoms with E-state index < -0.39 is 39.1 Å². The zero-order chi connectivity index (χ0) is 17.8. The summed E-state index contributed by atoms with van der Waals surface area (Å²) in [7, 11) is -3.45. The van der Waals surface area contributed by atoms with Crippen LogP contribution in [-0.2, 0) is 19.4 Å². The van der Waals surface area contributed by atoms with Gasteiger partial charge in [0.25, 0.3) is 0 Å². The van der Waals surface area contributed by atoms with Crippen LogP contribution >= 0.6 is 11.8 Å². The number of aliphatic hydroxyl groups excluding tert-OH is 1. The maximum Gasteiger partial charge on any atom is 1.00 e. The zero-order valence-electron chi connectivity index (χ0n) is 13.8. The molecule has 0 unspecified atom stereocenters. The van der Waals surface area contributed by atoms with Crippen LogP contribution in [-0.4, -0.2) is 48.0 Å². The summed E-state index contributed by atoms with van der Waals surface area (Å²) in [5, 5.41) is 20.7. The molecule has 0 bridgehead atoms. The number of hydrogen-bond donors (Lipinski definition) is 1. The number of aliphatic carboxylic acids is 1. The third-order valence-corrected chi connectivity index (χ3v) is 6.54. The number of hydrogen-bond acceptors (Lipinski definition) is 7. The van der Waals surface area contributed by atoms with Gasteiger partial charge in [-0.3, -0.25) is 9.69 Å². The number of nitrogens with zero attached hydrogens (tertiary/aromatic N) is 1. The van der Waals surface area contributed by atoms with Gasteiger partial charge in [0.15, 0.2) is 9.84 Å². The average molecular weight is 408 g/mol. The second-order valence-electron chi connectivity index (χ2n) is 5.75. The van der Waals surface area contributed by atoms with Gasteiger partial charge in [0.2, 0.25) is 5.91 Å². The number of fused-ring (bicyclic) bond motifs is 1. The predicted octanol–water partition coefficient (Wildman–Crippen LogP) is -3.58.